The van der Waals surface area contributed by atoms with Crippen LogP contribution in [0, 0.1) is 17.8 Å². The molecule has 0 bridgehead atoms. The van der Waals surface area contributed by atoms with Crippen molar-refractivity contribution in [1.29, 1.82) is 0 Å². The first-order valence-electron chi connectivity index (χ1n) is 4.81. The molecule has 0 N–H and O–H groups in total. The van der Waals surface area contributed by atoms with Crippen LogP contribution >= 0.6 is 0 Å². The van der Waals surface area contributed by atoms with Gasteiger partial charge in [-0.2, -0.15) is 0 Å². The molecule has 2 aliphatic rings. The Kier molecular flexibility index (Phi) is 2.23. The standard InChI is InChI=1S/C11H12O3/c1-2-14-11(13)10-7-5-3-4-6-8(12)9(7)10/h3-7,9-10H,2H2,1H3. The lowest BCUT2D eigenvalue weighted by Crippen LogP contribution is -2.10. The summed E-state index contributed by atoms with van der Waals surface area (Å²) in [5, 5.41) is 0. The summed E-state index contributed by atoms with van der Waals surface area (Å²) in [6.45, 7) is 2.15. The summed E-state index contributed by atoms with van der Waals surface area (Å²) in [6, 6.07) is 0. The lowest BCUT2D eigenvalue weighted by molar-refractivity contribution is -0.145. The minimum absolute atomic E-state index is 0.0399. The Bertz CT molecular complexity index is 327. The van der Waals surface area contributed by atoms with Crippen LogP contribution in [0.2, 0.25) is 0 Å². The van der Waals surface area contributed by atoms with Gasteiger partial charge >= 0.3 is 5.97 Å². The van der Waals surface area contributed by atoms with E-state index in [1.54, 1.807) is 13.0 Å². The van der Waals surface area contributed by atoms with E-state index in [1.165, 1.54) is 6.08 Å². The molecule has 14 heavy (non-hydrogen) atoms. The van der Waals surface area contributed by atoms with Crippen molar-refractivity contribution in [3.63, 3.8) is 0 Å². The van der Waals surface area contributed by atoms with Gasteiger partial charge in [-0.15, -0.1) is 0 Å². The quantitative estimate of drug-likeness (QED) is 0.615. The van der Waals surface area contributed by atoms with E-state index >= 15 is 0 Å². The fraction of sp³-hybridized carbons (Fsp3) is 0.455. The zero-order valence-electron chi connectivity index (χ0n) is 7.97. The van der Waals surface area contributed by atoms with Crippen molar-refractivity contribution >= 4 is 11.8 Å². The number of hydrogen-bond donors (Lipinski definition) is 0. The second-order valence-electron chi connectivity index (χ2n) is 3.53. The van der Waals surface area contributed by atoms with Crippen molar-refractivity contribution in [2.45, 2.75) is 6.92 Å². The Morgan fingerprint density at radius 3 is 3.00 bits per heavy atom. The Balaban J connectivity index is 2.07. The number of carbonyl (C=O) groups is 2. The zero-order chi connectivity index (χ0) is 10.1. The van der Waals surface area contributed by atoms with Gasteiger partial charge in [0.25, 0.3) is 0 Å². The Hall–Kier alpha value is -1.38. The van der Waals surface area contributed by atoms with Crippen LogP contribution in [0.5, 0.6) is 0 Å². The van der Waals surface area contributed by atoms with E-state index in [0.29, 0.717) is 6.61 Å². The van der Waals surface area contributed by atoms with E-state index in [0.717, 1.165) is 0 Å². The maximum absolute atomic E-state index is 11.4. The molecular formula is C11H12O3. The molecule has 0 aliphatic heterocycles. The molecule has 74 valence electrons. The maximum atomic E-state index is 11.4. The molecule has 1 saturated carbocycles. The summed E-state index contributed by atoms with van der Waals surface area (Å²) in [5.74, 6) is -0.530. The van der Waals surface area contributed by atoms with Gasteiger partial charge in [-0.25, -0.2) is 0 Å². The van der Waals surface area contributed by atoms with Gasteiger partial charge < -0.3 is 4.74 Å². The Morgan fingerprint density at radius 1 is 1.50 bits per heavy atom. The second kappa shape index (κ2) is 3.40. The number of hydrogen-bond acceptors (Lipinski definition) is 3. The van der Waals surface area contributed by atoms with Gasteiger partial charge in [0.05, 0.1) is 12.5 Å². The van der Waals surface area contributed by atoms with Crippen molar-refractivity contribution in [3.05, 3.63) is 24.3 Å². The van der Waals surface area contributed by atoms with E-state index in [1.807, 2.05) is 12.2 Å². The van der Waals surface area contributed by atoms with Crippen molar-refractivity contribution in [3.8, 4) is 0 Å². The summed E-state index contributed by atoms with van der Waals surface area (Å²) in [6.07, 6.45) is 6.98. The lowest BCUT2D eigenvalue weighted by atomic mass is 10.2. The molecule has 1 fully saturated rings. The van der Waals surface area contributed by atoms with Crippen molar-refractivity contribution in [1.82, 2.24) is 0 Å². The highest BCUT2D eigenvalue weighted by Gasteiger charge is 2.57. The summed E-state index contributed by atoms with van der Waals surface area (Å²) in [5.41, 5.74) is 0. The van der Waals surface area contributed by atoms with Crippen LogP contribution in [0.1, 0.15) is 6.92 Å². The van der Waals surface area contributed by atoms with Gasteiger partial charge in [0.2, 0.25) is 0 Å². The minimum atomic E-state index is -0.240. The Morgan fingerprint density at radius 2 is 2.29 bits per heavy atom. The highest BCUT2D eigenvalue weighted by molar-refractivity contribution is 6.00. The average molecular weight is 192 g/mol. The highest BCUT2D eigenvalue weighted by atomic mass is 16.5. The van der Waals surface area contributed by atoms with E-state index < -0.39 is 0 Å². The molecule has 0 radical (unpaired) electrons. The molecule has 0 saturated heterocycles. The normalized spacial score (nSPS) is 33.5. The number of esters is 1. The molecule has 3 nitrogen and oxygen atoms in total. The fourth-order valence-corrected chi connectivity index (χ4v) is 1.94. The highest BCUT2D eigenvalue weighted by Crippen LogP contribution is 2.49. The largest absolute Gasteiger partial charge is 0.466 e. The predicted octanol–water partition coefficient (Wildman–Crippen LogP) is 1.11. The third kappa shape index (κ3) is 1.39. The average Bonchev–Trinajstić information content (AvgIpc) is 2.86. The summed E-state index contributed by atoms with van der Waals surface area (Å²) < 4.78 is 4.90. The van der Waals surface area contributed by atoms with Crippen LogP contribution in [0.4, 0.5) is 0 Å². The monoisotopic (exact) mass is 192 g/mol. The van der Waals surface area contributed by atoms with Gasteiger partial charge in [0, 0.05) is 11.8 Å². The summed E-state index contributed by atoms with van der Waals surface area (Å²) in [4.78, 5) is 22.8. The van der Waals surface area contributed by atoms with Crippen LogP contribution in [0.15, 0.2) is 24.3 Å². The third-order valence-corrected chi connectivity index (χ3v) is 2.67. The number of allylic oxidation sites excluding steroid dienone is 4. The number of ether oxygens (including phenoxy) is 1. The molecule has 0 heterocycles. The van der Waals surface area contributed by atoms with Crippen LogP contribution in [0.3, 0.4) is 0 Å². The number of carbonyl (C=O) groups excluding carboxylic acids is 2. The maximum Gasteiger partial charge on any atom is 0.310 e. The van der Waals surface area contributed by atoms with Crippen LogP contribution < -0.4 is 0 Å². The molecule has 0 aromatic carbocycles. The first kappa shape index (κ1) is 9.19. The number of ketones is 1. The Labute approximate surface area is 82.4 Å². The van der Waals surface area contributed by atoms with E-state index in [4.69, 9.17) is 4.74 Å². The first-order chi connectivity index (χ1) is 6.75. The van der Waals surface area contributed by atoms with Crippen molar-refractivity contribution in [2.75, 3.05) is 6.61 Å². The molecule has 0 aromatic rings. The van der Waals surface area contributed by atoms with Gasteiger partial charge in [0.1, 0.15) is 0 Å². The minimum Gasteiger partial charge on any atom is -0.466 e. The molecule has 3 atom stereocenters. The van der Waals surface area contributed by atoms with Gasteiger partial charge in [-0.3, -0.25) is 9.59 Å². The van der Waals surface area contributed by atoms with Crippen molar-refractivity contribution < 1.29 is 14.3 Å². The SMILES string of the molecule is CCOC(=O)C1C2C=CC=CC(=O)C21. The van der Waals surface area contributed by atoms with Crippen molar-refractivity contribution in [2.24, 2.45) is 17.8 Å². The molecule has 3 unspecified atom stereocenters. The van der Waals surface area contributed by atoms with E-state index in [2.05, 4.69) is 0 Å². The van der Waals surface area contributed by atoms with Crippen LogP contribution in [0.25, 0.3) is 0 Å². The lowest BCUT2D eigenvalue weighted by Gasteiger charge is -1.98. The smallest absolute Gasteiger partial charge is 0.310 e. The molecule has 0 spiro atoms. The van der Waals surface area contributed by atoms with Gasteiger partial charge in [-0.1, -0.05) is 18.2 Å². The summed E-state index contributed by atoms with van der Waals surface area (Å²) in [7, 11) is 0. The predicted molar refractivity (Wildman–Crippen MR) is 50.4 cm³/mol. The zero-order valence-corrected chi connectivity index (χ0v) is 7.97. The molecular weight excluding hydrogens is 180 g/mol. The fourth-order valence-electron chi connectivity index (χ4n) is 1.94. The number of fused-ring (bicyclic) bond motifs is 1. The number of rotatable bonds is 2. The molecule has 0 amide bonds. The van der Waals surface area contributed by atoms with Gasteiger partial charge in [0.15, 0.2) is 5.78 Å². The molecule has 3 heteroatoms. The molecule has 2 aliphatic carbocycles. The first-order valence-corrected chi connectivity index (χ1v) is 4.81. The van der Waals surface area contributed by atoms with E-state index in [-0.39, 0.29) is 29.5 Å². The third-order valence-electron chi connectivity index (χ3n) is 2.67. The topological polar surface area (TPSA) is 43.4 Å². The van der Waals surface area contributed by atoms with Crippen LogP contribution in [-0.2, 0) is 14.3 Å². The molecule has 2 rings (SSSR count). The molecule has 0 aromatic heterocycles. The van der Waals surface area contributed by atoms with E-state index in [9.17, 15) is 9.59 Å². The second-order valence-corrected chi connectivity index (χ2v) is 3.53. The van der Waals surface area contributed by atoms with Crippen LogP contribution in [-0.4, -0.2) is 18.4 Å². The van der Waals surface area contributed by atoms with Gasteiger partial charge in [-0.05, 0) is 13.0 Å². The summed E-state index contributed by atoms with van der Waals surface area (Å²) >= 11 is 0.